The van der Waals surface area contributed by atoms with Crippen molar-refractivity contribution in [3.8, 4) is 22.4 Å². The van der Waals surface area contributed by atoms with Crippen LogP contribution in [0, 0.1) is 6.92 Å². The molecule has 7 rings (SSSR count). The van der Waals surface area contributed by atoms with Crippen molar-refractivity contribution in [3.05, 3.63) is 78.5 Å². The van der Waals surface area contributed by atoms with Gasteiger partial charge in [-0.25, -0.2) is 0 Å². The van der Waals surface area contributed by atoms with Crippen LogP contribution in [0.5, 0.6) is 0 Å². The van der Waals surface area contributed by atoms with Gasteiger partial charge in [-0.15, -0.1) is 0 Å². The molecule has 0 radical (unpaired) electrons. The van der Waals surface area contributed by atoms with Gasteiger partial charge >= 0.3 is 196 Å². The Morgan fingerprint density at radius 3 is 2.47 bits per heavy atom. The molecule has 0 spiro atoms. The first-order valence-electron chi connectivity index (χ1n) is 11.3. The second-order valence-corrected chi connectivity index (χ2v) is 19.8. The first kappa shape index (κ1) is 19.0. The number of fused-ring (bicyclic) bond motifs is 7. The van der Waals surface area contributed by atoms with Gasteiger partial charge in [0.25, 0.3) is 0 Å². The van der Waals surface area contributed by atoms with E-state index in [4.69, 9.17) is 0 Å². The minimum atomic E-state index is -2.38. The third-order valence-corrected chi connectivity index (χ3v) is 16.2. The van der Waals surface area contributed by atoms with Crippen LogP contribution in [0.1, 0.15) is 5.56 Å². The molecule has 0 fully saturated rings. The molecule has 4 aromatic carbocycles. The Balaban J connectivity index is 1.66. The van der Waals surface area contributed by atoms with Crippen LogP contribution in [0.25, 0.3) is 43.9 Å². The molecule has 0 unspecified atom stereocenters. The van der Waals surface area contributed by atoms with Crippen LogP contribution < -0.4 is 13.4 Å². The summed E-state index contributed by atoms with van der Waals surface area (Å²) in [7, 11) is 2.21. The maximum absolute atomic E-state index is 2.57. The molecule has 0 saturated heterocycles. The average molecular weight is 491 g/mol. The molecule has 0 amide bonds. The zero-order valence-electron chi connectivity index (χ0n) is 18.8. The Bertz CT molecular complexity index is 1650. The second-order valence-electron chi connectivity index (χ2n) is 9.73. The van der Waals surface area contributed by atoms with Crippen molar-refractivity contribution in [3.63, 3.8) is 0 Å². The van der Waals surface area contributed by atoms with E-state index in [0.717, 1.165) is 0 Å². The molecule has 2 aliphatic rings. The Morgan fingerprint density at radius 1 is 0.812 bits per heavy atom. The zero-order chi connectivity index (χ0) is 21.8. The van der Waals surface area contributed by atoms with Crippen molar-refractivity contribution < 1.29 is 4.57 Å². The average Bonchev–Trinajstić information content (AvgIpc) is 3.02. The van der Waals surface area contributed by atoms with E-state index in [1.165, 1.54) is 59.3 Å². The van der Waals surface area contributed by atoms with Crippen LogP contribution in [0.2, 0.25) is 11.5 Å². The van der Waals surface area contributed by atoms with Crippen molar-refractivity contribution >= 4 is 55.4 Å². The van der Waals surface area contributed by atoms with Gasteiger partial charge in [-0.2, -0.15) is 0 Å². The van der Waals surface area contributed by atoms with Crippen molar-refractivity contribution in [1.29, 1.82) is 0 Å². The molecule has 32 heavy (non-hydrogen) atoms. The van der Waals surface area contributed by atoms with Crippen LogP contribution in [0.3, 0.4) is 0 Å². The number of rotatable bonds is 0. The Kier molecular flexibility index (Phi) is 3.72. The van der Waals surface area contributed by atoms with E-state index in [-0.39, 0.29) is 0 Å². The Labute approximate surface area is 195 Å². The molecule has 5 aromatic rings. The van der Waals surface area contributed by atoms with E-state index in [9.17, 15) is 0 Å². The monoisotopic (exact) mass is 492 g/mol. The summed E-state index contributed by atoms with van der Waals surface area (Å²) in [6, 6.07) is 25.3. The maximum atomic E-state index is 2.57. The van der Waals surface area contributed by atoms with Crippen LogP contribution in [0.4, 0.5) is 0 Å². The first-order chi connectivity index (χ1) is 15.5. The van der Waals surface area contributed by atoms with Gasteiger partial charge in [0, 0.05) is 0 Å². The molecule has 0 bridgehead atoms. The summed E-state index contributed by atoms with van der Waals surface area (Å²) in [5.41, 5.74) is 7.15. The summed E-state index contributed by atoms with van der Waals surface area (Å²) in [5.74, 6) is 5.14. The Morgan fingerprint density at radius 2 is 1.59 bits per heavy atom. The molecule has 0 aliphatic carbocycles. The van der Waals surface area contributed by atoms with Gasteiger partial charge in [0.15, 0.2) is 0 Å². The molecule has 1 aromatic heterocycles. The van der Waals surface area contributed by atoms with Crippen molar-refractivity contribution in [2.75, 3.05) is 0 Å². The SMILES string of the molecule is Cc1c2c(cc3ccccc13)Sc1cc3[c](c4cc[n+](C)c-2c14)[Ge]([CH3])([CH3])[c]1ccccc1-3. The fourth-order valence-electron chi connectivity index (χ4n) is 6.18. The molecule has 154 valence electrons. The summed E-state index contributed by atoms with van der Waals surface area (Å²) >= 11 is -0.419. The topological polar surface area (TPSA) is 3.88 Å². The summed E-state index contributed by atoms with van der Waals surface area (Å²) in [6.45, 7) is 2.30. The summed E-state index contributed by atoms with van der Waals surface area (Å²) in [4.78, 5) is 2.78. The number of nitrogens with zero attached hydrogens (tertiary/aromatic N) is 1. The predicted molar refractivity (Wildman–Crippen MR) is 139 cm³/mol. The van der Waals surface area contributed by atoms with E-state index in [2.05, 4.69) is 103 Å². The molecular formula is C29H24GeNS+. The van der Waals surface area contributed by atoms with Gasteiger partial charge in [0.05, 0.1) is 0 Å². The van der Waals surface area contributed by atoms with Crippen LogP contribution in [-0.2, 0) is 7.05 Å². The summed E-state index contributed by atoms with van der Waals surface area (Å²) in [6.07, 6.45) is 2.29. The van der Waals surface area contributed by atoms with Gasteiger partial charge in [-0.1, -0.05) is 0 Å². The predicted octanol–water partition coefficient (Wildman–Crippen LogP) is 6.06. The molecule has 0 atom stereocenters. The van der Waals surface area contributed by atoms with Crippen molar-refractivity contribution in [1.82, 2.24) is 0 Å². The third kappa shape index (κ3) is 2.25. The Hall–Kier alpha value is -2.56. The molecule has 0 N–H and O–H groups in total. The first-order valence-corrected chi connectivity index (χ1v) is 18.4. The molecule has 1 nitrogen and oxygen atoms in total. The number of hydrogen-bond donors (Lipinski definition) is 0. The quantitative estimate of drug-likeness (QED) is 0.185. The van der Waals surface area contributed by atoms with E-state index in [1.807, 2.05) is 11.8 Å². The van der Waals surface area contributed by atoms with Crippen LogP contribution in [0.15, 0.2) is 82.7 Å². The van der Waals surface area contributed by atoms with Gasteiger partial charge in [-0.05, 0) is 0 Å². The molecule has 0 saturated carbocycles. The fraction of sp³-hybridized carbons (Fsp3) is 0.138. The molecule has 3 heteroatoms. The van der Waals surface area contributed by atoms with Crippen molar-refractivity contribution in [2.24, 2.45) is 7.05 Å². The standard InChI is InChI=1S/C29H24GeNS/c1-17-19-10-6-5-9-18(19)15-24-26(17)29-27-21(13-14-31(29)4)28-22(16-25(27)32-24)20-11-7-8-12-23(20)30(28,2)3/h5-16H,1-4H3/q+1. The van der Waals surface area contributed by atoms with Gasteiger partial charge in [0.1, 0.15) is 0 Å². The molecule has 3 heterocycles. The minimum absolute atomic E-state index is 1.33. The number of aryl methyl sites for hydroxylation is 2. The van der Waals surface area contributed by atoms with Crippen LogP contribution in [-0.4, -0.2) is 13.3 Å². The number of hydrogen-bond acceptors (Lipinski definition) is 1. The van der Waals surface area contributed by atoms with Gasteiger partial charge < -0.3 is 0 Å². The third-order valence-electron chi connectivity index (χ3n) is 7.63. The summed E-state index contributed by atoms with van der Waals surface area (Å²) in [5, 5.41) is 5.63. The number of pyridine rings is 1. The number of benzene rings is 4. The zero-order valence-corrected chi connectivity index (χ0v) is 21.7. The fourth-order valence-corrected chi connectivity index (χ4v) is 14.7. The second kappa shape index (κ2) is 6.27. The number of aromatic nitrogens is 1. The van der Waals surface area contributed by atoms with Gasteiger partial charge in [-0.3, -0.25) is 0 Å². The van der Waals surface area contributed by atoms with E-state index < -0.39 is 13.3 Å². The van der Waals surface area contributed by atoms with Crippen molar-refractivity contribution in [2.45, 2.75) is 28.2 Å². The van der Waals surface area contributed by atoms with E-state index in [1.54, 1.807) is 8.79 Å². The van der Waals surface area contributed by atoms with Gasteiger partial charge in [0.2, 0.25) is 0 Å². The molecular weight excluding hydrogens is 467 g/mol. The van der Waals surface area contributed by atoms with E-state index in [0.29, 0.717) is 0 Å². The van der Waals surface area contributed by atoms with E-state index >= 15 is 0 Å². The van der Waals surface area contributed by atoms with Crippen LogP contribution >= 0.6 is 11.8 Å². The summed E-state index contributed by atoms with van der Waals surface area (Å²) < 4.78 is 5.63. The molecule has 2 aliphatic heterocycles. The normalized spacial score (nSPS) is 15.0.